The van der Waals surface area contributed by atoms with Crippen molar-refractivity contribution in [2.75, 3.05) is 14.2 Å². The van der Waals surface area contributed by atoms with E-state index in [-0.39, 0.29) is 12.5 Å². The van der Waals surface area contributed by atoms with Gasteiger partial charge in [0.05, 0.1) is 20.8 Å². The van der Waals surface area contributed by atoms with Crippen LogP contribution in [0.1, 0.15) is 22.1 Å². The van der Waals surface area contributed by atoms with Crippen molar-refractivity contribution < 1.29 is 18.8 Å². The molecule has 0 spiro atoms. The molecular formula is C13H15N3O4. The number of benzene rings is 1. The first-order chi connectivity index (χ1) is 9.62. The van der Waals surface area contributed by atoms with E-state index in [9.17, 15) is 4.79 Å². The summed E-state index contributed by atoms with van der Waals surface area (Å²) in [6, 6.07) is 4.94. The van der Waals surface area contributed by atoms with Gasteiger partial charge in [-0.05, 0) is 19.1 Å². The van der Waals surface area contributed by atoms with E-state index in [0.29, 0.717) is 28.8 Å². The molecule has 1 amide bonds. The second-order valence-corrected chi connectivity index (χ2v) is 4.02. The molecule has 2 rings (SSSR count). The Labute approximate surface area is 115 Å². The van der Waals surface area contributed by atoms with Crippen LogP contribution in [0.3, 0.4) is 0 Å². The second kappa shape index (κ2) is 6.05. The summed E-state index contributed by atoms with van der Waals surface area (Å²) in [5, 5.41) is 6.33. The fourth-order valence-electron chi connectivity index (χ4n) is 1.61. The van der Waals surface area contributed by atoms with Gasteiger partial charge >= 0.3 is 0 Å². The Balaban J connectivity index is 2.08. The Morgan fingerprint density at radius 3 is 2.40 bits per heavy atom. The van der Waals surface area contributed by atoms with Crippen LogP contribution in [0.2, 0.25) is 0 Å². The van der Waals surface area contributed by atoms with Crippen LogP contribution in [0, 0.1) is 6.92 Å². The Morgan fingerprint density at radius 2 is 1.90 bits per heavy atom. The maximum atomic E-state index is 12.0. The summed E-state index contributed by atoms with van der Waals surface area (Å²) in [5.74, 6) is 1.69. The first kappa shape index (κ1) is 13.9. The van der Waals surface area contributed by atoms with Crippen LogP contribution in [0.5, 0.6) is 11.5 Å². The van der Waals surface area contributed by atoms with Crippen LogP contribution < -0.4 is 14.8 Å². The molecule has 1 heterocycles. The zero-order chi connectivity index (χ0) is 14.5. The molecule has 1 N–H and O–H groups in total. The van der Waals surface area contributed by atoms with Crippen molar-refractivity contribution >= 4 is 5.91 Å². The molecule has 1 aromatic carbocycles. The van der Waals surface area contributed by atoms with Gasteiger partial charge in [0, 0.05) is 11.6 Å². The van der Waals surface area contributed by atoms with E-state index >= 15 is 0 Å². The molecule has 0 aliphatic heterocycles. The zero-order valence-corrected chi connectivity index (χ0v) is 11.5. The fourth-order valence-corrected chi connectivity index (χ4v) is 1.61. The summed E-state index contributed by atoms with van der Waals surface area (Å²) < 4.78 is 15.1. The van der Waals surface area contributed by atoms with Crippen LogP contribution in [-0.4, -0.2) is 30.3 Å². The monoisotopic (exact) mass is 277 g/mol. The molecule has 0 fully saturated rings. The molecule has 0 aliphatic rings. The first-order valence-electron chi connectivity index (χ1n) is 5.93. The number of aromatic nitrogens is 2. The van der Waals surface area contributed by atoms with E-state index in [4.69, 9.17) is 14.0 Å². The number of nitrogens with one attached hydrogen (secondary N) is 1. The van der Waals surface area contributed by atoms with E-state index in [2.05, 4.69) is 15.5 Å². The van der Waals surface area contributed by atoms with Gasteiger partial charge in [-0.1, -0.05) is 5.16 Å². The number of amides is 1. The Kier molecular flexibility index (Phi) is 4.19. The highest BCUT2D eigenvalue weighted by Crippen LogP contribution is 2.22. The summed E-state index contributed by atoms with van der Waals surface area (Å²) in [7, 11) is 3.05. The predicted molar refractivity (Wildman–Crippen MR) is 69.8 cm³/mol. The van der Waals surface area contributed by atoms with Crippen molar-refractivity contribution in [2.24, 2.45) is 0 Å². The van der Waals surface area contributed by atoms with Crippen LogP contribution in [0.15, 0.2) is 22.7 Å². The Hall–Kier alpha value is -2.57. The van der Waals surface area contributed by atoms with Gasteiger partial charge in [-0.15, -0.1) is 0 Å². The van der Waals surface area contributed by atoms with E-state index in [0.717, 1.165) is 0 Å². The smallest absolute Gasteiger partial charge is 0.251 e. The lowest BCUT2D eigenvalue weighted by Gasteiger charge is -2.08. The molecule has 2 aromatic rings. The second-order valence-electron chi connectivity index (χ2n) is 4.02. The zero-order valence-electron chi connectivity index (χ0n) is 11.5. The lowest BCUT2D eigenvalue weighted by Crippen LogP contribution is -2.23. The molecule has 0 unspecified atom stereocenters. The van der Waals surface area contributed by atoms with E-state index < -0.39 is 0 Å². The topological polar surface area (TPSA) is 86.5 Å². The number of aryl methyl sites for hydroxylation is 1. The van der Waals surface area contributed by atoms with Crippen molar-refractivity contribution in [1.82, 2.24) is 15.5 Å². The molecule has 0 atom stereocenters. The third-order valence-corrected chi connectivity index (χ3v) is 2.58. The minimum absolute atomic E-state index is 0.166. The number of ether oxygens (including phenoxy) is 2. The molecule has 7 nitrogen and oxygen atoms in total. The number of methoxy groups -OCH3 is 2. The average molecular weight is 277 g/mol. The summed E-state index contributed by atoms with van der Waals surface area (Å²) in [5.41, 5.74) is 0.428. The van der Waals surface area contributed by atoms with E-state index in [1.807, 2.05) is 0 Å². The molecule has 106 valence electrons. The Bertz CT molecular complexity index is 587. The average Bonchev–Trinajstić information content (AvgIpc) is 2.89. The van der Waals surface area contributed by atoms with Crippen LogP contribution in [-0.2, 0) is 6.54 Å². The van der Waals surface area contributed by atoms with Crippen LogP contribution in [0.4, 0.5) is 0 Å². The number of carbonyl (C=O) groups is 1. The van der Waals surface area contributed by atoms with E-state index in [1.54, 1.807) is 25.1 Å². The predicted octanol–water partition coefficient (Wildman–Crippen LogP) is 1.33. The van der Waals surface area contributed by atoms with Crippen molar-refractivity contribution in [3.8, 4) is 11.5 Å². The van der Waals surface area contributed by atoms with Gasteiger partial charge in [-0.25, -0.2) is 0 Å². The molecule has 20 heavy (non-hydrogen) atoms. The quantitative estimate of drug-likeness (QED) is 0.887. The van der Waals surface area contributed by atoms with Gasteiger partial charge < -0.3 is 19.3 Å². The minimum Gasteiger partial charge on any atom is -0.497 e. The number of rotatable bonds is 5. The molecular weight excluding hydrogens is 262 g/mol. The number of carbonyl (C=O) groups excluding carboxylic acids is 1. The summed E-state index contributed by atoms with van der Waals surface area (Å²) in [4.78, 5) is 16.1. The first-order valence-corrected chi connectivity index (χ1v) is 5.93. The Morgan fingerprint density at radius 1 is 1.25 bits per heavy atom. The van der Waals surface area contributed by atoms with Crippen molar-refractivity contribution in [2.45, 2.75) is 13.5 Å². The van der Waals surface area contributed by atoms with Crippen molar-refractivity contribution in [3.63, 3.8) is 0 Å². The van der Waals surface area contributed by atoms with Gasteiger partial charge in [-0.2, -0.15) is 4.98 Å². The summed E-state index contributed by atoms with van der Waals surface area (Å²) in [6.45, 7) is 1.88. The standard InChI is InChI=1S/C13H15N3O4/c1-8-15-12(20-16-8)7-14-13(17)9-4-10(18-2)6-11(5-9)19-3/h4-6H,7H2,1-3H3,(H,14,17). The number of hydrogen-bond donors (Lipinski definition) is 1. The summed E-state index contributed by atoms with van der Waals surface area (Å²) in [6.07, 6.45) is 0. The molecule has 0 saturated carbocycles. The lowest BCUT2D eigenvalue weighted by atomic mass is 10.2. The van der Waals surface area contributed by atoms with Crippen LogP contribution in [0.25, 0.3) is 0 Å². The normalized spacial score (nSPS) is 10.2. The third kappa shape index (κ3) is 3.25. The molecule has 7 heteroatoms. The van der Waals surface area contributed by atoms with Gasteiger partial charge in [0.1, 0.15) is 11.5 Å². The molecule has 0 radical (unpaired) electrons. The molecule has 0 saturated heterocycles. The number of hydrogen-bond acceptors (Lipinski definition) is 6. The van der Waals surface area contributed by atoms with E-state index in [1.165, 1.54) is 14.2 Å². The molecule has 1 aromatic heterocycles. The van der Waals surface area contributed by atoms with Crippen LogP contribution >= 0.6 is 0 Å². The number of nitrogens with zero attached hydrogens (tertiary/aromatic N) is 2. The SMILES string of the molecule is COc1cc(OC)cc(C(=O)NCc2nc(C)no2)c1. The highest BCUT2D eigenvalue weighted by Gasteiger charge is 2.11. The van der Waals surface area contributed by atoms with Gasteiger partial charge in [0.15, 0.2) is 5.82 Å². The molecule has 0 aliphatic carbocycles. The fraction of sp³-hybridized carbons (Fsp3) is 0.308. The maximum absolute atomic E-state index is 12.0. The maximum Gasteiger partial charge on any atom is 0.251 e. The van der Waals surface area contributed by atoms with Gasteiger partial charge in [0.25, 0.3) is 5.91 Å². The highest BCUT2D eigenvalue weighted by atomic mass is 16.5. The van der Waals surface area contributed by atoms with Gasteiger partial charge in [-0.3, -0.25) is 4.79 Å². The molecule has 0 bridgehead atoms. The highest BCUT2D eigenvalue weighted by molar-refractivity contribution is 5.95. The largest absolute Gasteiger partial charge is 0.497 e. The third-order valence-electron chi connectivity index (χ3n) is 2.58. The van der Waals surface area contributed by atoms with Gasteiger partial charge in [0.2, 0.25) is 5.89 Å². The van der Waals surface area contributed by atoms with Crippen molar-refractivity contribution in [3.05, 3.63) is 35.5 Å². The van der Waals surface area contributed by atoms with Crippen molar-refractivity contribution in [1.29, 1.82) is 0 Å². The minimum atomic E-state index is -0.280. The summed E-state index contributed by atoms with van der Waals surface area (Å²) >= 11 is 0. The lowest BCUT2D eigenvalue weighted by molar-refractivity contribution is 0.0945.